The summed E-state index contributed by atoms with van der Waals surface area (Å²) >= 11 is 0.491. The molecule has 0 unspecified atom stereocenters. The van der Waals surface area contributed by atoms with Crippen LogP contribution in [0.15, 0.2) is 17.1 Å². The number of halogens is 3. The summed E-state index contributed by atoms with van der Waals surface area (Å²) in [5.74, 6) is 0.770. The molecule has 0 amide bonds. The minimum Gasteiger partial charge on any atom is -0.310 e. The number of thiazole rings is 1. The highest BCUT2D eigenvalue weighted by atomic mass is 32.1. The molecule has 0 bridgehead atoms. The highest BCUT2D eigenvalue weighted by Gasteiger charge is 2.35. The van der Waals surface area contributed by atoms with Crippen LogP contribution in [0.25, 0.3) is 10.6 Å². The van der Waals surface area contributed by atoms with Gasteiger partial charge in [0.1, 0.15) is 5.82 Å². The van der Waals surface area contributed by atoms with Crippen LogP contribution in [0.5, 0.6) is 0 Å². The second-order valence-electron chi connectivity index (χ2n) is 4.32. The first kappa shape index (κ1) is 12.3. The molecule has 2 aromatic rings. The number of nitrogens with zero attached hydrogens (tertiary/aromatic N) is 2. The second-order valence-corrected chi connectivity index (χ2v) is 5.35. The Kier molecular flexibility index (Phi) is 2.70. The minimum absolute atomic E-state index is 0.225. The minimum atomic E-state index is -4.47. The van der Waals surface area contributed by atoms with Gasteiger partial charge in [0.2, 0.25) is 0 Å². The maximum Gasteiger partial charge on any atom is 0.443 e. The Balaban J connectivity index is 2.02. The molecule has 0 atom stereocenters. The van der Waals surface area contributed by atoms with Crippen molar-refractivity contribution in [1.29, 1.82) is 0 Å². The van der Waals surface area contributed by atoms with Gasteiger partial charge < -0.3 is 4.98 Å². The van der Waals surface area contributed by atoms with Gasteiger partial charge in [-0.2, -0.15) is 13.2 Å². The topological polar surface area (TPSA) is 58.6 Å². The number of alkyl halides is 3. The summed E-state index contributed by atoms with van der Waals surface area (Å²) in [6.45, 7) is 0. The second kappa shape index (κ2) is 4.16. The lowest BCUT2D eigenvalue weighted by molar-refractivity contribution is -0.137. The number of aromatic amines is 1. The van der Waals surface area contributed by atoms with Crippen LogP contribution in [0, 0.1) is 0 Å². The maximum atomic E-state index is 12.5. The van der Waals surface area contributed by atoms with Gasteiger partial charge in [0.05, 0.1) is 10.6 Å². The lowest BCUT2D eigenvalue weighted by Crippen LogP contribution is -2.10. The van der Waals surface area contributed by atoms with Crippen LogP contribution in [0.3, 0.4) is 0 Å². The maximum absolute atomic E-state index is 12.5. The van der Waals surface area contributed by atoms with Crippen molar-refractivity contribution in [2.24, 2.45) is 0 Å². The van der Waals surface area contributed by atoms with Crippen molar-refractivity contribution in [2.45, 2.75) is 24.9 Å². The van der Waals surface area contributed by atoms with Gasteiger partial charge in [-0.05, 0) is 12.8 Å². The molecule has 1 fully saturated rings. The summed E-state index contributed by atoms with van der Waals surface area (Å²) in [6, 6.07) is 1.19. The van der Waals surface area contributed by atoms with Crippen LogP contribution < -0.4 is 5.56 Å². The van der Waals surface area contributed by atoms with E-state index in [-0.39, 0.29) is 22.0 Å². The summed E-state index contributed by atoms with van der Waals surface area (Å²) in [7, 11) is 0. The average Bonchev–Trinajstić information content (AvgIpc) is 3.03. The molecule has 0 spiro atoms. The molecular weight excluding hydrogens is 279 g/mol. The Bertz CT molecular complexity index is 672. The lowest BCUT2D eigenvalue weighted by Gasteiger charge is -2.01. The van der Waals surface area contributed by atoms with Crippen molar-refractivity contribution in [3.63, 3.8) is 0 Å². The standard InChI is InChI=1S/C11H8F3N3OS/c12-11(13,14)10-15-4-7(19-10)6-3-8(18)17-9(16-6)5-1-2-5/h3-5H,1-2H2,(H,16,17,18). The first-order valence-corrected chi connectivity index (χ1v) is 6.40. The number of hydrogen-bond acceptors (Lipinski definition) is 4. The SMILES string of the molecule is O=c1cc(-c2cnc(C(F)(F)F)s2)nc(C2CC2)[nH]1. The summed E-state index contributed by atoms with van der Waals surface area (Å²) < 4.78 is 37.4. The van der Waals surface area contributed by atoms with Crippen molar-refractivity contribution >= 4 is 11.3 Å². The van der Waals surface area contributed by atoms with Gasteiger partial charge in [-0.3, -0.25) is 4.79 Å². The Morgan fingerprint density at radius 1 is 1.37 bits per heavy atom. The number of hydrogen-bond donors (Lipinski definition) is 1. The van der Waals surface area contributed by atoms with E-state index in [4.69, 9.17) is 0 Å². The fourth-order valence-corrected chi connectivity index (χ4v) is 2.42. The molecular formula is C11H8F3N3OS. The summed E-state index contributed by atoms with van der Waals surface area (Å²) in [5.41, 5.74) is -0.104. The number of H-pyrrole nitrogens is 1. The van der Waals surface area contributed by atoms with Crippen LogP contribution >= 0.6 is 11.3 Å². The molecule has 8 heteroatoms. The van der Waals surface area contributed by atoms with Gasteiger partial charge in [0, 0.05) is 18.2 Å². The number of aromatic nitrogens is 3. The predicted molar refractivity (Wildman–Crippen MR) is 62.9 cm³/mol. The number of nitrogens with one attached hydrogen (secondary N) is 1. The summed E-state index contributed by atoms with van der Waals surface area (Å²) in [6.07, 6.45) is -1.47. The van der Waals surface area contributed by atoms with E-state index in [0.717, 1.165) is 19.0 Å². The third-order valence-corrected chi connectivity index (χ3v) is 3.79. The van der Waals surface area contributed by atoms with E-state index in [1.165, 1.54) is 6.07 Å². The largest absolute Gasteiger partial charge is 0.443 e. The van der Waals surface area contributed by atoms with Crippen LogP contribution in [0.2, 0.25) is 0 Å². The van der Waals surface area contributed by atoms with Gasteiger partial charge in [-0.1, -0.05) is 0 Å². The monoisotopic (exact) mass is 287 g/mol. The molecule has 0 aliphatic heterocycles. The van der Waals surface area contributed by atoms with Gasteiger partial charge >= 0.3 is 6.18 Å². The fourth-order valence-electron chi connectivity index (χ4n) is 1.68. The molecule has 0 aromatic carbocycles. The number of rotatable bonds is 2. The van der Waals surface area contributed by atoms with Crippen LogP contribution in [-0.2, 0) is 6.18 Å². The molecule has 3 rings (SSSR count). The molecule has 0 saturated heterocycles. The van der Waals surface area contributed by atoms with Crippen molar-refractivity contribution in [3.05, 3.63) is 33.4 Å². The van der Waals surface area contributed by atoms with Crippen LogP contribution in [0.4, 0.5) is 13.2 Å². The van der Waals surface area contributed by atoms with Gasteiger partial charge in [0.15, 0.2) is 5.01 Å². The third kappa shape index (κ3) is 2.53. The van der Waals surface area contributed by atoms with E-state index in [9.17, 15) is 18.0 Å². The zero-order valence-electron chi connectivity index (χ0n) is 9.49. The molecule has 100 valence electrons. The van der Waals surface area contributed by atoms with Crippen molar-refractivity contribution in [1.82, 2.24) is 15.0 Å². The smallest absolute Gasteiger partial charge is 0.310 e. The Hall–Kier alpha value is -1.70. The fraction of sp³-hybridized carbons (Fsp3) is 0.364. The highest BCUT2D eigenvalue weighted by molar-refractivity contribution is 7.15. The molecule has 2 aromatic heterocycles. The van der Waals surface area contributed by atoms with Gasteiger partial charge in [-0.15, -0.1) is 11.3 Å². The molecule has 2 heterocycles. The molecule has 1 aliphatic rings. The van der Waals surface area contributed by atoms with E-state index in [1.54, 1.807) is 0 Å². The Morgan fingerprint density at radius 3 is 2.68 bits per heavy atom. The summed E-state index contributed by atoms with van der Waals surface area (Å²) in [5, 5.41) is -0.933. The van der Waals surface area contributed by atoms with E-state index in [1.807, 2.05) is 0 Å². The highest BCUT2D eigenvalue weighted by Crippen LogP contribution is 2.39. The molecule has 1 aliphatic carbocycles. The molecule has 4 nitrogen and oxygen atoms in total. The van der Waals surface area contributed by atoms with Crippen molar-refractivity contribution < 1.29 is 13.2 Å². The lowest BCUT2D eigenvalue weighted by atomic mass is 10.3. The molecule has 1 N–H and O–H groups in total. The van der Waals surface area contributed by atoms with Crippen molar-refractivity contribution in [3.8, 4) is 10.6 Å². The zero-order chi connectivity index (χ0) is 13.6. The normalized spacial score (nSPS) is 15.7. The van der Waals surface area contributed by atoms with E-state index < -0.39 is 11.2 Å². The molecule has 1 saturated carbocycles. The van der Waals surface area contributed by atoms with E-state index in [0.29, 0.717) is 17.2 Å². The summed E-state index contributed by atoms with van der Waals surface area (Å²) in [4.78, 5) is 21.9. The molecule has 19 heavy (non-hydrogen) atoms. The Morgan fingerprint density at radius 2 is 2.11 bits per heavy atom. The average molecular weight is 287 g/mol. The third-order valence-electron chi connectivity index (χ3n) is 2.72. The van der Waals surface area contributed by atoms with Gasteiger partial charge in [0.25, 0.3) is 5.56 Å². The van der Waals surface area contributed by atoms with E-state index >= 15 is 0 Å². The van der Waals surface area contributed by atoms with Crippen LogP contribution in [-0.4, -0.2) is 15.0 Å². The van der Waals surface area contributed by atoms with E-state index in [2.05, 4.69) is 15.0 Å². The zero-order valence-corrected chi connectivity index (χ0v) is 10.3. The first-order valence-electron chi connectivity index (χ1n) is 5.58. The van der Waals surface area contributed by atoms with Crippen LogP contribution in [0.1, 0.15) is 29.6 Å². The first-order chi connectivity index (χ1) is 8.93. The van der Waals surface area contributed by atoms with Gasteiger partial charge in [-0.25, -0.2) is 9.97 Å². The van der Waals surface area contributed by atoms with Crippen molar-refractivity contribution in [2.75, 3.05) is 0 Å². The Labute approximate surface area is 109 Å². The predicted octanol–water partition coefficient (Wildman–Crippen LogP) is 2.79. The quantitative estimate of drug-likeness (QED) is 0.924. The molecule has 0 radical (unpaired) electrons.